The second-order valence-corrected chi connectivity index (χ2v) is 8.17. The summed E-state index contributed by atoms with van der Waals surface area (Å²) in [7, 11) is 0. The second-order valence-electron chi connectivity index (χ2n) is 7.74. The van der Waals surface area contributed by atoms with Crippen molar-refractivity contribution in [1.82, 2.24) is 9.78 Å². The van der Waals surface area contributed by atoms with Crippen LogP contribution in [0.25, 0.3) is 0 Å². The van der Waals surface area contributed by atoms with Gasteiger partial charge in [0.15, 0.2) is 5.69 Å². The Labute approximate surface area is 165 Å². The zero-order valence-electron chi connectivity index (χ0n) is 16.1. The summed E-state index contributed by atoms with van der Waals surface area (Å²) in [5.74, 6) is -0.212. The first-order valence-corrected chi connectivity index (χ1v) is 9.31. The number of carbonyl (C=O) groups excluding carboxylic acids is 1. The molecule has 4 nitrogen and oxygen atoms in total. The molecule has 3 aromatic rings. The Bertz CT molecular complexity index is 935. The highest BCUT2D eigenvalue weighted by Crippen LogP contribution is 2.23. The molecule has 0 aliphatic carbocycles. The highest BCUT2D eigenvalue weighted by atomic mass is 35.5. The van der Waals surface area contributed by atoms with E-state index in [2.05, 4.69) is 31.2 Å². The molecule has 2 aromatic carbocycles. The van der Waals surface area contributed by atoms with E-state index in [1.54, 1.807) is 6.07 Å². The Hall–Kier alpha value is -2.59. The highest BCUT2D eigenvalue weighted by Gasteiger charge is 2.15. The quantitative estimate of drug-likeness (QED) is 0.653. The van der Waals surface area contributed by atoms with Crippen LogP contribution in [0.5, 0.6) is 0 Å². The molecule has 0 fully saturated rings. The summed E-state index contributed by atoms with van der Waals surface area (Å²) in [5.41, 5.74) is 4.48. The Morgan fingerprint density at radius 3 is 2.30 bits per heavy atom. The molecule has 0 saturated heterocycles. The summed E-state index contributed by atoms with van der Waals surface area (Å²) >= 11 is 5.93. The van der Waals surface area contributed by atoms with Crippen LogP contribution < -0.4 is 5.32 Å². The molecule has 0 aliphatic heterocycles. The average Bonchev–Trinajstić information content (AvgIpc) is 2.97. The zero-order chi connectivity index (χ0) is 19.6. The van der Waals surface area contributed by atoms with Crippen LogP contribution >= 0.6 is 11.6 Å². The van der Waals surface area contributed by atoms with Crippen molar-refractivity contribution < 1.29 is 4.79 Å². The van der Waals surface area contributed by atoms with Crippen molar-refractivity contribution in [2.45, 2.75) is 39.7 Å². The molecule has 0 bridgehead atoms. The normalized spacial score (nSPS) is 11.4. The van der Waals surface area contributed by atoms with Gasteiger partial charge in [0.1, 0.15) is 0 Å². The summed E-state index contributed by atoms with van der Waals surface area (Å²) in [6.45, 7) is 9.03. The van der Waals surface area contributed by atoms with Crippen molar-refractivity contribution in [2.24, 2.45) is 0 Å². The van der Waals surface area contributed by atoms with Gasteiger partial charge in [-0.15, -0.1) is 0 Å². The third-order valence-electron chi connectivity index (χ3n) is 4.47. The maximum Gasteiger partial charge on any atom is 0.276 e. The summed E-state index contributed by atoms with van der Waals surface area (Å²) in [4.78, 5) is 12.6. The van der Waals surface area contributed by atoms with Crippen molar-refractivity contribution in [1.29, 1.82) is 0 Å². The molecule has 0 unspecified atom stereocenters. The van der Waals surface area contributed by atoms with Crippen molar-refractivity contribution in [3.63, 3.8) is 0 Å². The van der Waals surface area contributed by atoms with Crippen LogP contribution in [0.4, 0.5) is 5.69 Å². The van der Waals surface area contributed by atoms with Crippen LogP contribution in [-0.4, -0.2) is 15.7 Å². The predicted octanol–water partition coefficient (Wildman–Crippen LogP) is 5.44. The van der Waals surface area contributed by atoms with E-state index in [0.29, 0.717) is 17.3 Å². The lowest BCUT2D eigenvalue weighted by atomic mass is 9.87. The summed E-state index contributed by atoms with van der Waals surface area (Å²) in [6, 6.07) is 17.4. The predicted molar refractivity (Wildman–Crippen MR) is 111 cm³/mol. The van der Waals surface area contributed by atoms with E-state index in [9.17, 15) is 4.79 Å². The number of anilines is 1. The standard InChI is InChI=1S/C22H24ClN3O/c1-15-13-20(25-26(15)14-16-5-9-18(23)10-6-16)21(27)24-19-11-7-17(8-12-19)22(2,3)4/h5-13H,14H2,1-4H3,(H,24,27). The van der Waals surface area contributed by atoms with Crippen molar-refractivity contribution >= 4 is 23.2 Å². The summed E-state index contributed by atoms with van der Waals surface area (Å²) in [5, 5.41) is 8.07. The largest absolute Gasteiger partial charge is 0.321 e. The van der Waals surface area contributed by atoms with E-state index >= 15 is 0 Å². The molecule has 0 aliphatic rings. The van der Waals surface area contributed by atoms with Crippen molar-refractivity contribution in [3.8, 4) is 0 Å². The summed E-state index contributed by atoms with van der Waals surface area (Å²) in [6.07, 6.45) is 0. The first-order chi connectivity index (χ1) is 12.7. The lowest BCUT2D eigenvalue weighted by Crippen LogP contribution is -2.14. The molecule has 27 heavy (non-hydrogen) atoms. The number of benzene rings is 2. The topological polar surface area (TPSA) is 46.9 Å². The molecule has 5 heteroatoms. The van der Waals surface area contributed by atoms with Crippen molar-refractivity contribution in [2.75, 3.05) is 5.32 Å². The smallest absolute Gasteiger partial charge is 0.276 e. The minimum atomic E-state index is -0.212. The van der Waals surface area contributed by atoms with Gasteiger partial charge in [0.2, 0.25) is 0 Å². The van der Waals surface area contributed by atoms with Crippen LogP contribution in [0.1, 0.15) is 48.1 Å². The van der Waals surface area contributed by atoms with Crippen LogP contribution in [0, 0.1) is 6.92 Å². The van der Waals surface area contributed by atoms with Gasteiger partial charge in [-0.3, -0.25) is 9.48 Å². The number of aryl methyl sites for hydroxylation is 1. The molecule has 1 heterocycles. The molecular formula is C22H24ClN3O. The van der Waals surface area contributed by atoms with Crippen LogP contribution in [0.15, 0.2) is 54.6 Å². The number of nitrogens with zero attached hydrogens (tertiary/aromatic N) is 2. The van der Waals surface area contributed by atoms with Gasteiger partial charge in [-0.25, -0.2) is 0 Å². The van der Waals surface area contributed by atoms with Gasteiger partial charge in [-0.1, -0.05) is 56.6 Å². The highest BCUT2D eigenvalue weighted by molar-refractivity contribution is 6.30. The number of hydrogen-bond donors (Lipinski definition) is 1. The Morgan fingerprint density at radius 2 is 1.70 bits per heavy atom. The van der Waals surface area contributed by atoms with Gasteiger partial charge in [0, 0.05) is 16.4 Å². The van der Waals surface area contributed by atoms with Crippen LogP contribution in [-0.2, 0) is 12.0 Å². The number of amides is 1. The molecular weight excluding hydrogens is 358 g/mol. The van der Waals surface area contributed by atoms with Crippen LogP contribution in [0.2, 0.25) is 5.02 Å². The SMILES string of the molecule is Cc1cc(C(=O)Nc2ccc(C(C)(C)C)cc2)nn1Cc1ccc(Cl)cc1. The van der Waals surface area contributed by atoms with E-state index in [1.807, 2.05) is 60.1 Å². The number of halogens is 1. The molecule has 140 valence electrons. The molecule has 1 aromatic heterocycles. The lowest BCUT2D eigenvalue weighted by molar-refractivity contribution is 0.102. The second kappa shape index (κ2) is 7.57. The first kappa shape index (κ1) is 19.2. The van der Waals surface area contributed by atoms with Gasteiger partial charge >= 0.3 is 0 Å². The average molecular weight is 382 g/mol. The van der Waals surface area contributed by atoms with Gasteiger partial charge in [-0.05, 0) is 53.8 Å². The first-order valence-electron chi connectivity index (χ1n) is 8.93. The number of aromatic nitrogens is 2. The number of nitrogens with one attached hydrogen (secondary N) is 1. The fourth-order valence-corrected chi connectivity index (χ4v) is 2.92. The van der Waals surface area contributed by atoms with E-state index in [-0.39, 0.29) is 11.3 Å². The molecule has 0 saturated carbocycles. The van der Waals surface area contributed by atoms with E-state index < -0.39 is 0 Å². The zero-order valence-corrected chi connectivity index (χ0v) is 16.8. The number of rotatable bonds is 4. The fraction of sp³-hybridized carbons (Fsp3) is 0.273. The summed E-state index contributed by atoms with van der Waals surface area (Å²) < 4.78 is 1.82. The number of hydrogen-bond acceptors (Lipinski definition) is 2. The molecule has 0 atom stereocenters. The van der Waals surface area contributed by atoms with Gasteiger partial charge in [0.05, 0.1) is 6.54 Å². The Kier molecular flexibility index (Phi) is 5.38. The number of carbonyl (C=O) groups is 1. The molecule has 1 amide bonds. The fourth-order valence-electron chi connectivity index (χ4n) is 2.79. The van der Waals surface area contributed by atoms with Gasteiger partial charge in [0.25, 0.3) is 5.91 Å². The molecule has 1 N–H and O–H groups in total. The third-order valence-corrected chi connectivity index (χ3v) is 4.72. The Morgan fingerprint density at radius 1 is 1.07 bits per heavy atom. The van der Waals surface area contributed by atoms with Gasteiger partial charge in [-0.2, -0.15) is 5.10 Å². The molecule has 3 rings (SSSR count). The lowest BCUT2D eigenvalue weighted by Gasteiger charge is -2.19. The maximum atomic E-state index is 12.6. The van der Waals surface area contributed by atoms with E-state index in [4.69, 9.17) is 11.6 Å². The van der Waals surface area contributed by atoms with Crippen molar-refractivity contribution in [3.05, 3.63) is 82.1 Å². The Balaban J connectivity index is 1.71. The monoisotopic (exact) mass is 381 g/mol. The molecule has 0 spiro atoms. The maximum absolute atomic E-state index is 12.6. The van der Waals surface area contributed by atoms with Gasteiger partial charge < -0.3 is 5.32 Å². The molecule has 0 radical (unpaired) electrons. The van der Waals surface area contributed by atoms with E-state index in [0.717, 1.165) is 16.9 Å². The third kappa shape index (κ3) is 4.77. The minimum absolute atomic E-state index is 0.0834. The van der Waals surface area contributed by atoms with E-state index in [1.165, 1.54) is 5.56 Å². The minimum Gasteiger partial charge on any atom is -0.321 e. The van der Waals surface area contributed by atoms with Crippen LogP contribution in [0.3, 0.4) is 0 Å².